The smallest absolute Gasteiger partial charge is 0.326 e. The van der Waals surface area contributed by atoms with Gasteiger partial charge in [0.25, 0.3) is 5.22 Å². The van der Waals surface area contributed by atoms with Crippen LogP contribution in [0, 0.1) is 6.92 Å². The Morgan fingerprint density at radius 2 is 2.19 bits per heavy atom. The van der Waals surface area contributed by atoms with Gasteiger partial charge >= 0.3 is 5.97 Å². The zero-order chi connectivity index (χ0) is 15.9. The molecule has 7 heteroatoms. The molecule has 0 saturated heterocycles. The molecule has 1 aromatic rings. The average Bonchev–Trinajstić information content (AvgIpc) is 2.81. The van der Waals surface area contributed by atoms with Gasteiger partial charge in [0.15, 0.2) is 0 Å². The van der Waals surface area contributed by atoms with Crippen molar-refractivity contribution in [2.24, 2.45) is 0 Å². The number of carbonyl (C=O) groups excluding carboxylic acids is 1. The van der Waals surface area contributed by atoms with Gasteiger partial charge in [-0.1, -0.05) is 25.6 Å². The van der Waals surface area contributed by atoms with Crippen molar-refractivity contribution >= 4 is 17.7 Å². The Morgan fingerprint density at radius 3 is 2.71 bits per heavy atom. The van der Waals surface area contributed by atoms with E-state index in [1.807, 2.05) is 20.8 Å². The van der Waals surface area contributed by atoms with E-state index in [9.17, 15) is 4.79 Å². The number of rotatable bonds is 9. The Morgan fingerprint density at radius 1 is 1.48 bits per heavy atom. The van der Waals surface area contributed by atoms with Gasteiger partial charge in [-0.3, -0.25) is 4.79 Å². The number of aromatic nitrogens is 2. The van der Waals surface area contributed by atoms with E-state index in [0.717, 1.165) is 13.0 Å². The average molecular weight is 315 g/mol. The number of esters is 1. The molecule has 1 aromatic heterocycles. The van der Waals surface area contributed by atoms with E-state index in [4.69, 9.17) is 9.15 Å². The van der Waals surface area contributed by atoms with Crippen molar-refractivity contribution in [3.63, 3.8) is 0 Å². The van der Waals surface area contributed by atoms with E-state index >= 15 is 0 Å². The molecule has 2 atom stereocenters. The summed E-state index contributed by atoms with van der Waals surface area (Å²) in [5, 5.41) is 11.7. The minimum atomic E-state index is -0.701. The topological polar surface area (TPSA) is 77.3 Å². The van der Waals surface area contributed by atoms with Gasteiger partial charge in [0.2, 0.25) is 5.89 Å². The Bertz CT molecular complexity index is 452. The molecule has 0 aromatic carbocycles. The van der Waals surface area contributed by atoms with Crippen molar-refractivity contribution in [3.05, 3.63) is 5.89 Å². The first-order valence-corrected chi connectivity index (χ1v) is 8.18. The van der Waals surface area contributed by atoms with Gasteiger partial charge in [0.05, 0.1) is 6.61 Å². The fourth-order valence-electron chi connectivity index (χ4n) is 2.03. The van der Waals surface area contributed by atoms with Crippen molar-refractivity contribution < 1.29 is 13.9 Å². The predicted octanol–water partition coefficient (Wildman–Crippen LogP) is 2.57. The number of nitrogens with zero attached hydrogens (tertiary/aromatic N) is 2. The van der Waals surface area contributed by atoms with Crippen LogP contribution in [0.3, 0.4) is 0 Å². The highest BCUT2D eigenvalue weighted by Gasteiger charge is 2.36. The summed E-state index contributed by atoms with van der Waals surface area (Å²) in [4.78, 5) is 12.2. The van der Waals surface area contributed by atoms with Crippen LogP contribution in [0.1, 0.15) is 46.4 Å². The van der Waals surface area contributed by atoms with Crippen LogP contribution in [-0.2, 0) is 9.53 Å². The highest BCUT2D eigenvalue weighted by molar-refractivity contribution is 7.99. The predicted molar refractivity (Wildman–Crippen MR) is 82.3 cm³/mol. The molecule has 21 heavy (non-hydrogen) atoms. The van der Waals surface area contributed by atoms with Crippen molar-refractivity contribution in [1.29, 1.82) is 0 Å². The Hall–Kier alpha value is -1.08. The second-order valence-electron chi connectivity index (χ2n) is 5.20. The van der Waals surface area contributed by atoms with Gasteiger partial charge in [-0.15, -0.1) is 10.2 Å². The molecule has 0 bridgehead atoms. The molecule has 0 spiro atoms. The number of thioether (sulfide) groups is 1. The molecule has 0 fully saturated rings. The quantitative estimate of drug-likeness (QED) is 0.554. The summed E-state index contributed by atoms with van der Waals surface area (Å²) in [6.45, 7) is 10.7. The van der Waals surface area contributed by atoms with E-state index < -0.39 is 5.54 Å². The molecule has 2 unspecified atom stereocenters. The highest BCUT2D eigenvalue weighted by Crippen LogP contribution is 2.28. The van der Waals surface area contributed by atoms with Crippen molar-refractivity contribution in [2.45, 2.75) is 63.5 Å². The minimum absolute atomic E-state index is 0.142. The Kier molecular flexibility index (Phi) is 7.17. The van der Waals surface area contributed by atoms with Crippen molar-refractivity contribution in [3.8, 4) is 0 Å². The number of hydrogen-bond donors (Lipinski definition) is 1. The third-order valence-electron chi connectivity index (χ3n) is 3.00. The number of nitrogens with one attached hydrogen (secondary N) is 1. The second-order valence-corrected chi connectivity index (χ2v) is 6.59. The zero-order valence-corrected chi connectivity index (χ0v) is 14.2. The lowest BCUT2D eigenvalue weighted by Crippen LogP contribution is -2.52. The molecule has 0 radical (unpaired) electrons. The standard InChI is InChI=1S/C14H25N3O3S/c1-6-8-15-14(5,12(18)19-7-2)9-10(3)21-13-17-16-11(4)20-13/h10,15H,6-9H2,1-5H3. The van der Waals surface area contributed by atoms with Crippen LogP contribution in [0.5, 0.6) is 0 Å². The van der Waals surface area contributed by atoms with Gasteiger partial charge in [0, 0.05) is 12.2 Å². The number of carbonyl (C=O) groups is 1. The maximum Gasteiger partial charge on any atom is 0.326 e. The van der Waals surface area contributed by atoms with Crippen LogP contribution < -0.4 is 5.32 Å². The minimum Gasteiger partial charge on any atom is -0.465 e. The Balaban J connectivity index is 2.67. The van der Waals surface area contributed by atoms with E-state index in [-0.39, 0.29) is 11.2 Å². The summed E-state index contributed by atoms with van der Waals surface area (Å²) in [5.41, 5.74) is -0.701. The van der Waals surface area contributed by atoms with Gasteiger partial charge in [0.1, 0.15) is 5.54 Å². The molecular formula is C14H25N3O3S. The summed E-state index contributed by atoms with van der Waals surface area (Å²) in [5.74, 6) is 0.328. The summed E-state index contributed by atoms with van der Waals surface area (Å²) in [6.07, 6.45) is 1.58. The maximum absolute atomic E-state index is 12.2. The largest absolute Gasteiger partial charge is 0.465 e. The number of hydrogen-bond acceptors (Lipinski definition) is 7. The summed E-state index contributed by atoms with van der Waals surface area (Å²) >= 11 is 1.47. The molecule has 0 saturated carbocycles. The number of aryl methyl sites for hydroxylation is 1. The van der Waals surface area contributed by atoms with E-state index in [1.165, 1.54) is 11.8 Å². The van der Waals surface area contributed by atoms with Crippen LogP contribution in [0.15, 0.2) is 9.64 Å². The SMILES string of the molecule is CCCNC(C)(CC(C)Sc1nnc(C)o1)C(=O)OCC. The van der Waals surface area contributed by atoms with Crippen LogP contribution in [0.4, 0.5) is 0 Å². The van der Waals surface area contributed by atoms with Gasteiger partial charge < -0.3 is 14.5 Å². The lowest BCUT2D eigenvalue weighted by molar-refractivity contribution is -0.150. The van der Waals surface area contributed by atoms with Crippen molar-refractivity contribution in [2.75, 3.05) is 13.2 Å². The zero-order valence-electron chi connectivity index (χ0n) is 13.4. The van der Waals surface area contributed by atoms with Gasteiger partial charge in [-0.25, -0.2) is 0 Å². The summed E-state index contributed by atoms with van der Waals surface area (Å²) in [7, 11) is 0. The maximum atomic E-state index is 12.2. The third kappa shape index (κ3) is 5.67. The van der Waals surface area contributed by atoms with Crippen LogP contribution >= 0.6 is 11.8 Å². The molecule has 6 nitrogen and oxygen atoms in total. The molecule has 1 N–H and O–H groups in total. The van der Waals surface area contributed by atoms with E-state index in [0.29, 0.717) is 24.1 Å². The monoisotopic (exact) mass is 315 g/mol. The molecule has 0 amide bonds. The molecule has 1 heterocycles. The summed E-state index contributed by atoms with van der Waals surface area (Å²) < 4.78 is 10.6. The summed E-state index contributed by atoms with van der Waals surface area (Å²) in [6, 6.07) is 0. The van der Waals surface area contributed by atoms with Gasteiger partial charge in [-0.05, 0) is 33.2 Å². The van der Waals surface area contributed by atoms with Crippen molar-refractivity contribution in [1.82, 2.24) is 15.5 Å². The van der Waals surface area contributed by atoms with Crippen LogP contribution in [-0.4, -0.2) is 40.1 Å². The lowest BCUT2D eigenvalue weighted by Gasteiger charge is -2.30. The van der Waals surface area contributed by atoms with E-state index in [2.05, 4.69) is 22.4 Å². The first-order chi connectivity index (χ1) is 9.91. The third-order valence-corrected chi connectivity index (χ3v) is 3.93. The molecule has 0 aliphatic rings. The first-order valence-electron chi connectivity index (χ1n) is 7.30. The fraction of sp³-hybridized carbons (Fsp3) is 0.786. The lowest BCUT2D eigenvalue weighted by atomic mass is 9.96. The molecule has 0 aliphatic carbocycles. The first kappa shape index (κ1) is 18.0. The number of ether oxygens (including phenoxy) is 1. The Labute approximate surface area is 130 Å². The fourth-order valence-corrected chi connectivity index (χ4v) is 3.05. The van der Waals surface area contributed by atoms with Crippen LogP contribution in [0.2, 0.25) is 0 Å². The molecule has 1 rings (SSSR count). The van der Waals surface area contributed by atoms with Crippen LogP contribution in [0.25, 0.3) is 0 Å². The molecule has 0 aliphatic heterocycles. The molecular weight excluding hydrogens is 290 g/mol. The highest BCUT2D eigenvalue weighted by atomic mass is 32.2. The molecule has 120 valence electrons. The van der Waals surface area contributed by atoms with E-state index in [1.54, 1.807) is 6.92 Å². The van der Waals surface area contributed by atoms with Gasteiger partial charge in [-0.2, -0.15) is 0 Å². The second kappa shape index (κ2) is 8.38. The normalized spacial score (nSPS) is 15.5.